The van der Waals surface area contributed by atoms with Gasteiger partial charge < -0.3 is 16.0 Å². The Hall–Kier alpha value is -1.78. The third-order valence-electron chi connectivity index (χ3n) is 1.97. The van der Waals surface area contributed by atoms with E-state index in [0.29, 0.717) is 18.9 Å². The lowest BCUT2D eigenvalue weighted by atomic mass is 10.3. The second kappa shape index (κ2) is 5.19. The monoisotopic (exact) mass is 208 g/mol. The predicted octanol–water partition coefficient (Wildman–Crippen LogP) is 0.236. The van der Waals surface area contributed by atoms with E-state index in [1.54, 1.807) is 12.3 Å². The Morgan fingerprint density at radius 1 is 1.60 bits per heavy atom. The number of nitrogens with zero attached hydrogens (tertiary/aromatic N) is 2. The summed E-state index contributed by atoms with van der Waals surface area (Å²) in [6.07, 6.45) is 1.65. The van der Waals surface area contributed by atoms with Crippen molar-refractivity contribution in [2.75, 3.05) is 30.8 Å². The van der Waals surface area contributed by atoms with Crippen molar-refractivity contribution in [2.24, 2.45) is 0 Å². The lowest BCUT2D eigenvalue weighted by Crippen LogP contribution is -2.34. The number of carbonyl (C=O) groups is 1. The van der Waals surface area contributed by atoms with E-state index in [9.17, 15) is 4.79 Å². The van der Waals surface area contributed by atoms with Gasteiger partial charge in [-0.05, 0) is 19.1 Å². The molecule has 0 unspecified atom stereocenters. The van der Waals surface area contributed by atoms with Crippen molar-refractivity contribution >= 4 is 17.4 Å². The topological polar surface area (TPSA) is 71.2 Å². The summed E-state index contributed by atoms with van der Waals surface area (Å²) in [5, 5.41) is 2.73. The number of aromatic nitrogens is 1. The van der Waals surface area contributed by atoms with E-state index in [1.165, 1.54) is 0 Å². The van der Waals surface area contributed by atoms with Crippen molar-refractivity contribution in [3.05, 3.63) is 18.3 Å². The van der Waals surface area contributed by atoms with Crippen molar-refractivity contribution < 1.29 is 4.79 Å². The summed E-state index contributed by atoms with van der Waals surface area (Å²) in [4.78, 5) is 17.1. The second-order valence-corrected chi connectivity index (χ2v) is 3.25. The predicted molar refractivity (Wildman–Crippen MR) is 60.6 cm³/mol. The Morgan fingerprint density at radius 3 is 2.87 bits per heavy atom. The molecule has 0 saturated heterocycles. The largest absolute Gasteiger partial charge is 0.384 e. The zero-order valence-electron chi connectivity index (χ0n) is 9.03. The highest BCUT2D eigenvalue weighted by Gasteiger charge is 2.06. The van der Waals surface area contributed by atoms with Crippen molar-refractivity contribution in [3.8, 4) is 0 Å². The Morgan fingerprint density at radius 2 is 2.33 bits per heavy atom. The van der Waals surface area contributed by atoms with Gasteiger partial charge in [-0.2, -0.15) is 0 Å². The molecule has 5 nitrogen and oxygen atoms in total. The Balaban J connectivity index is 2.57. The smallest absolute Gasteiger partial charge is 0.239 e. The Bertz CT molecular complexity index is 323. The van der Waals surface area contributed by atoms with Gasteiger partial charge in [-0.25, -0.2) is 4.98 Å². The molecule has 15 heavy (non-hydrogen) atoms. The number of rotatable bonds is 4. The van der Waals surface area contributed by atoms with Gasteiger partial charge in [0.05, 0.1) is 18.4 Å². The molecule has 1 aromatic heterocycles. The summed E-state index contributed by atoms with van der Waals surface area (Å²) in [5.41, 5.74) is 6.34. The van der Waals surface area contributed by atoms with Crippen LogP contribution in [-0.2, 0) is 4.79 Å². The molecule has 0 bridgehead atoms. The highest BCUT2D eigenvalue weighted by molar-refractivity contribution is 5.81. The summed E-state index contributed by atoms with van der Waals surface area (Å²) >= 11 is 0. The van der Waals surface area contributed by atoms with Crippen molar-refractivity contribution in [3.63, 3.8) is 0 Å². The Labute approximate surface area is 89.3 Å². The zero-order chi connectivity index (χ0) is 11.3. The van der Waals surface area contributed by atoms with E-state index in [4.69, 9.17) is 5.73 Å². The maximum atomic E-state index is 11.3. The first-order chi connectivity index (χ1) is 7.13. The number of amides is 1. The quantitative estimate of drug-likeness (QED) is 0.743. The first kappa shape index (κ1) is 11.3. The van der Waals surface area contributed by atoms with Gasteiger partial charge >= 0.3 is 0 Å². The first-order valence-corrected chi connectivity index (χ1v) is 4.83. The molecule has 0 spiro atoms. The van der Waals surface area contributed by atoms with Gasteiger partial charge in [0.1, 0.15) is 5.82 Å². The second-order valence-electron chi connectivity index (χ2n) is 3.25. The SMILES string of the molecule is CCNC(=O)CN(C)c1ccc(N)nc1. The highest BCUT2D eigenvalue weighted by Crippen LogP contribution is 2.11. The van der Waals surface area contributed by atoms with Gasteiger partial charge in [0, 0.05) is 13.6 Å². The fourth-order valence-corrected chi connectivity index (χ4v) is 1.18. The van der Waals surface area contributed by atoms with E-state index in [1.807, 2.05) is 24.9 Å². The molecule has 1 heterocycles. The van der Waals surface area contributed by atoms with Crippen molar-refractivity contribution in [1.29, 1.82) is 0 Å². The molecule has 0 aliphatic carbocycles. The van der Waals surface area contributed by atoms with Crippen LogP contribution in [0.2, 0.25) is 0 Å². The van der Waals surface area contributed by atoms with E-state index in [-0.39, 0.29) is 5.91 Å². The maximum Gasteiger partial charge on any atom is 0.239 e. The molecule has 1 aromatic rings. The van der Waals surface area contributed by atoms with E-state index in [2.05, 4.69) is 10.3 Å². The van der Waals surface area contributed by atoms with Crippen LogP contribution in [0.15, 0.2) is 18.3 Å². The average molecular weight is 208 g/mol. The van der Waals surface area contributed by atoms with Crippen LogP contribution in [0.25, 0.3) is 0 Å². The summed E-state index contributed by atoms with van der Waals surface area (Å²) in [6.45, 7) is 2.86. The number of nitrogen functional groups attached to an aromatic ring is 1. The number of nitrogens with two attached hydrogens (primary N) is 1. The van der Waals surface area contributed by atoms with Crippen molar-refractivity contribution in [2.45, 2.75) is 6.92 Å². The van der Waals surface area contributed by atoms with Crippen LogP contribution in [0.5, 0.6) is 0 Å². The standard InChI is InChI=1S/C10H16N4O/c1-3-12-10(15)7-14(2)8-4-5-9(11)13-6-8/h4-6H,3,7H2,1-2H3,(H2,11,13)(H,12,15). The molecule has 0 fully saturated rings. The molecular formula is C10H16N4O. The summed E-state index contributed by atoms with van der Waals surface area (Å²) in [7, 11) is 1.84. The molecule has 0 atom stereocenters. The molecule has 0 aliphatic heterocycles. The number of carbonyl (C=O) groups excluding carboxylic acids is 1. The summed E-state index contributed by atoms with van der Waals surface area (Å²) in [5.74, 6) is 0.474. The number of nitrogens with one attached hydrogen (secondary N) is 1. The molecule has 5 heteroatoms. The minimum atomic E-state index is -0.00294. The van der Waals surface area contributed by atoms with Gasteiger partial charge in [0.2, 0.25) is 5.91 Å². The fourth-order valence-electron chi connectivity index (χ4n) is 1.18. The lowest BCUT2D eigenvalue weighted by Gasteiger charge is -2.17. The number of anilines is 2. The van der Waals surface area contributed by atoms with Crippen LogP contribution >= 0.6 is 0 Å². The molecule has 0 radical (unpaired) electrons. The average Bonchev–Trinajstić information content (AvgIpc) is 2.18. The van der Waals surface area contributed by atoms with Crippen LogP contribution in [0.3, 0.4) is 0 Å². The van der Waals surface area contributed by atoms with Crippen LogP contribution in [-0.4, -0.2) is 31.0 Å². The number of hydrogen-bond donors (Lipinski definition) is 2. The molecule has 1 rings (SSSR count). The van der Waals surface area contributed by atoms with Gasteiger partial charge in [0.25, 0.3) is 0 Å². The highest BCUT2D eigenvalue weighted by atomic mass is 16.1. The lowest BCUT2D eigenvalue weighted by molar-refractivity contribution is -0.119. The molecule has 1 amide bonds. The minimum absolute atomic E-state index is 0.00294. The minimum Gasteiger partial charge on any atom is -0.384 e. The summed E-state index contributed by atoms with van der Waals surface area (Å²) < 4.78 is 0. The molecule has 0 aromatic carbocycles. The molecule has 3 N–H and O–H groups in total. The zero-order valence-corrected chi connectivity index (χ0v) is 9.03. The molecule has 0 aliphatic rings. The first-order valence-electron chi connectivity index (χ1n) is 4.83. The fraction of sp³-hybridized carbons (Fsp3) is 0.400. The number of pyridine rings is 1. The van der Waals surface area contributed by atoms with E-state index < -0.39 is 0 Å². The van der Waals surface area contributed by atoms with Gasteiger partial charge in [0.15, 0.2) is 0 Å². The van der Waals surface area contributed by atoms with Gasteiger partial charge in [-0.1, -0.05) is 0 Å². The van der Waals surface area contributed by atoms with Crippen LogP contribution in [0, 0.1) is 0 Å². The number of hydrogen-bond acceptors (Lipinski definition) is 4. The van der Waals surface area contributed by atoms with Crippen LogP contribution in [0.1, 0.15) is 6.92 Å². The maximum absolute atomic E-state index is 11.3. The molecule has 0 saturated carbocycles. The number of likely N-dealkylation sites (N-methyl/N-ethyl adjacent to an activating group) is 2. The third-order valence-corrected chi connectivity index (χ3v) is 1.97. The normalized spacial score (nSPS) is 9.73. The van der Waals surface area contributed by atoms with E-state index >= 15 is 0 Å². The molecular weight excluding hydrogens is 192 g/mol. The van der Waals surface area contributed by atoms with Crippen LogP contribution < -0.4 is 16.0 Å². The van der Waals surface area contributed by atoms with E-state index in [0.717, 1.165) is 5.69 Å². The van der Waals surface area contributed by atoms with Gasteiger partial charge in [-0.15, -0.1) is 0 Å². The summed E-state index contributed by atoms with van der Waals surface area (Å²) in [6, 6.07) is 3.55. The molecule has 82 valence electrons. The Kier molecular flexibility index (Phi) is 3.91. The van der Waals surface area contributed by atoms with Gasteiger partial charge in [-0.3, -0.25) is 4.79 Å². The van der Waals surface area contributed by atoms with Crippen LogP contribution in [0.4, 0.5) is 11.5 Å². The van der Waals surface area contributed by atoms with Crippen molar-refractivity contribution in [1.82, 2.24) is 10.3 Å². The third kappa shape index (κ3) is 3.46.